The number of aliphatic imine (C=N–C) groups is 1. The molecule has 3 aliphatic rings. The molecule has 0 spiro atoms. The van der Waals surface area contributed by atoms with Gasteiger partial charge < -0.3 is 0 Å². The van der Waals surface area contributed by atoms with Crippen LogP contribution in [0.1, 0.15) is 25.7 Å². The van der Waals surface area contributed by atoms with Gasteiger partial charge in [0.25, 0.3) is 0 Å². The maximum atomic E-state index is 13.7. The molecule has 4 amide bonds. The molecule has 3 fully saturated rings. The topological polar surface area (TPSA) is 78.8 Å². The SMILES string of the molecule is O=C1NC(=O)N([C@H]2C[C@H]3CC[C@H]2C3)C(=O)[C@@H]1C=Nc1ccccc1F. The standard InChI is InChI=1S/C18H18FN3O3/c19-13-3-1-2-4-14(13)20-9-12-16(23)21-18(25)22(17(12)24)15-8-10-5-6-11(15)7-10/h1-4,9-12,15H,5-8H2,(H,21,23,25)/t10-,11-,12+,15-/m0/s1. The van der Waals surface area contributed by atoms with Crippen molar-refractivity contribution in [1.29, 1.82) is 0 Å². The molecule has 4 atom stereocenters. The molecule has 1 aromatic rings. The van der Waals surface area contributed by atoms with Gasteiger partial charge in [-0.25, -0.2) is 9.18 Å². The first kappa shape index (κ1) is 15.9. The van der Waals surface area contributed by atoms with Gasteiger partial charge in [-0.15, -0.1) is 0 Å². The van der Waals surface area contributed by atoms with Gasteiger partial charge >= 0.3 is 6.03 Å². The summed E-state index contributed by atoms with van der Waals surface area (Å²) in [6.07, 6.45) is 5.11. The van der Waals surface area contributed by atoms with Crippen molar-refractivity contribution < 1.29 is 18.8 Å². The van der Waals surface area contributed by atoms with E-state index in [1.165, 1.54) is 23.1 Å². The summed E-state index contributed by atoms with van der Waals surface area (Å²) in [5.74, 6) is -2.16. The molecular formula is C18H18FN3O3. The number of urea groups is 1. The maximum Gasteiger partial charge on any atom is 0.331 e. The number of amides is 4. The molecule has 1 saturated heterocycles. The van der Waals surface area contributed by atoms with E-state index in [0.717, 1.165) is 31.9 Å². The zero-order chi connectivity index (χ0) is 17.6. The van der Waals surface area contributed by atoms with Gasteiger partial charge in [-0.2, -0.15) is 0 Å². The normalized spacial score (nSPS) is 31.9. The van der Waals surface area contributed by atoms with E-state index in [-0.39, 0.29) is 11.7 Å². The fourth-order valence-corrected chi connectivity index (χ4v) is 4.29. The van der Waals surface area contributed by atoms with Gasteiger partial charge in [0.1, 0.15) is 5.82 Å². The molecule has 1 heterocycles. The van der Waals surface area contributed by atoms with E-state index in [0.29, 0.717) is 11.8 Å². The lowest BCUT2D eigenvalue weighted by molar-refractivity contribution is -0.141. The van der Waals surface area contributed by atoms with Crippen LogP contribution < -0.4 is 5.32 Å². The lowest BCUT2D eigenvalue weighted by Gasteiger charge is -2.36. The van der Waals surface area contributed by atoms with Crippen LogP contribution in [-0.2, 0) is 9.59 Å². The highest BCUT2D eigenvalue weighted by atomic mass is 19.1. The molecule has 7 heteroatoms. The summed E-state index contributed by atoms with van der Waals surface area (Å²) in [5.41, 5.74) is 0.0477. The van der Waals surface area contributed by atoms with Crippen LogP contribution in [0.3, 0.4) is 0 Å². The van der Waals surface area contributed by atoms with Gasteiger partial charge in [-0.3, -0.25) is 24.8 Å². The maximum absolute atomic E-state index is 13.7. The zero-order valence-electron chi connectivity index (χ0n) is 13.5. The number of halogens is 1. The number of nitrogens with zero attached hydrogens (tertiary/aromatic N) is 2. The minimum Gasteiger partial charge on any atom is -0.277 e. The van der Waals surface area contributed by atoms with Gasteiger partial charge in [0, 0.05) is 12.3 Å². The Morgan fingerprint density at radius 2 is 1.96 bits per heavy atom. The number of rotatable bonds is 3. The van der Waals surface area contributed by atoms with E-state index in [1.807, 2.05) is 0 Å². The summed E-state index contributed by atoms with van der Waals surface area (Å²) >= 11 is 0. The number of nitrogens with one attached hydrogen (secondary N) is 1. The Morgan fingerprint density at radius 1 is 1.16 bits per heavy atom. The third-order valence-corrected chi connectivity index (χ3v) is 5.48. The highest BCUT2D eigenvalue weighted by Crippen LogP contribution is 2.47. The zero-order valence-corrected chi connectivity index (χ0v) is 13.5. The first-order valence-corrected chi connectivity index (χ1v) is 8.51. The minimum absolute atomic E-state index is 0.0477. The molecule has 1 aromatic carbocycles. The van der Waals surface area contributed by atoms with Gasteiger partial charge in [0.2, 0.25) is 11.8 Å². The van der Waals surface area contributed by atoms with Gasteiger partial charge in [0.15, 0.2) is 5.92 Å². The van der Waals surface area contributed by atoms with Crippen molar-refractivity contribution in [3.8, 4) is 0 Å². The second kappa shape index (κ2) is 6.06. The first-order valence-electron chi connectivity index (χ1n) is 8.51. The Kier molecular flexibility index (Phi) is 3.86. The summed E-state index contributed by atoms with van der Waals surface area (Å²) in [4.78, 5) is 42.2. The summed E-state index contributed by atoms with van der Waals surface area (Å²) in [6, 6.07) is 5.05. The Balaban J connectivity index is 1.57. The van der Waals surface area contributed by atoms with Crippen molar-refractivity contribution in [3.05, 3.63) is 30.1 Å². The van der Waals surface area contributed by atoms with Crippen molar-refractivity contribution in [1.82, 2.24) is 10.2 Å². The van der Waals surface area contributed by atoms with Gasteiger partial charge in [-0.05, 0) is 43.2 Å². The van der Waals surface area contributed by atoms with Crippen LogP contribution in [0.2, 0.25) is 0 Å². The molecule has 6 nitrogen and oxygen atoms in total. The molecule has 2 aliphatic carbocycles. The smallest absolute Gasteiger partial charge is 0.277 e. The third-order valence-electron chi connectivity index (χ3n) is 5.48. The van der Waals surface area contributed by atoms with Crippen LogP contribution in [-0.4, -0.2) is 35.0 Å². The summed E-state index contributed by atoms with van der Waals surface area (Å²) < 4.78 is 13.7. The molecule has 25 heavy (non-hydrogen) atoms. The quantitative estimate of drug-likeness (QED) is 0.676. The van der Waals surface area contributed by atoms with Crippen molar-refractivity contribution in [2.24, 2.45) is 22.7 Å². The Hall–Kier alpha value is -2.57. The number of imide groups is 2. The molecule has 2 saturated carbocycles. The van der Waals surface area contributed by atoms with E-state index >= 15 is 0 Å². The lowest BCUT2D eigenvalue weighted by atomic mass is 9.92. The second-order valence-corrected chi connectivity index (χ2v) is 6.95. The third kappa shape index (κ3) is 2.73. The van der Waals surface area contributed by atoms with Gasteiger partial charge in [0.05, 0.1) is 5.69 Å². The number of carbonyl (C=O) groups is 3. The van der Waals surface area contributed by atoms with Crippen LogP contribution in [0.4, 0.5) is 14.9 Å². The van der Waals surface area contributed by atoms with Crippen LogP contribution >= 0.6 is 0 Å². The summed E-state index contributed by atoms with van der Waals surface area (Å²) in [6.45, 7) is 0. The Morgan fingerprint density at radius 3 is 2.64 bits per heavy atom. The fraction of sp³-hybridized carbons (Fsp3) is 0.444. The number of para-hydroxylation sites is 1. The number of fused-ring (bicyclic) bond motifs is 2. The van der Waals surface area contributed by atoms with Crippen molar-refractivity contribution in [2.75, 3.05) is 0 Å². The number of hydrogen-bond acceptors (Lipinski definition) is 4. The van der Waals surface area contributed by atoms with E-state index in [1.54, 1.807) is 6.07 Å². The molecule has 130 valence electrons. The Bertz CT molecular complexity index is 779. The highest BCUT2D eigenvalue weighted by Gasteiger charge is 2.50. The monoisotopic (exact) mass is 343 g/mol. The van der Waals surface area contributed by atoms with Crippen LogP contribution in [0.5, 0.6) is 0 Å². The largest absolute Gasteiger partial charge is 0.331 e. The van der Waals surface area contributed by atoms with Crippen LogP contribution in [0.25, 0.3) is 0 Å². The van der Waals surface area contributed by atoms with E-state index in [9.17, 15) is 18.8 Å². The molecule has 2 bridgehead atoms. The molecule has 1 aliphatic heterocycles. The van der Waals surface area contributed by atoms with Crippen molar-refractivity contribution in [2.45, 2.75) is 31.7 Å². The predicted molar refractivity (Wildman–Crippen MR) is 87.7 cm³/mol. The molecule has 1 N–H and O–H groups in total. The minimum atomic E-state index is -1.21. The van der Waals surface area contributed by atoms with E-state index in [4.69, 9.17) is 0 Å². The molecular weight excluding hydrogens is 325 g/mol. The predicted octanol–water partition coefficient (Wildman–Crippen LogP) is 2.41. The number of hydrogen-bond donors (Lipinski definition) is 1. The average molecular weight is 343 g/mol. The highest BCUT2D eigenvalue weighted by molar-refractivity contribution is 6.23. The first-order chi connectivity index (χ1) is 12.0. The molecule has 0 aromatic heterocycles. The van der Waals surface area contributed by atoms with E-state index < -0.39 is 29.6 Å². The molecule has 4 rings (SSSR count). The molecule has 0 unspecified atom stereocenters. The molecule has 0 radical (unpaired) electrons. The number of benzene rings is 1. The average Bonchev–Trinajstić information content (AvgIpc) is 3.19. The van der Waals surface area contributed by atoms with Crippen molar-refractivity contribution in [3.63, 3.8) is 0 Å². The summed E-state index contributed by atoms with van der Waals surface area (Å²) in [5, 5.41) is 2.24. The van der Waals surface area contributed by atoms with Gasteiger partial charge in [-0.1, -0.05) is 18.6 Å². The van der Waals surface area contributed by atoms with Crippen LogP contribution in [0.15, 0.2) is 29.3 Å². The van der Waals surface area contributed by atoms with Crippen molar-refractivity contribution >= 4 is 29.7 Å². The summed E-state index contributed by atoms with van der Waals surface area (Å²) in [7, 11) is 0. The lowest BCUT2D eigenvalue weighted by Crippen LogP contribution is -2.62. The fourth-order valence-electron chi connectivity index (χ4n) is 4.29. The van der Waals surface area contributed by atoms with E-state index in [2.05, 4.69) is 10.3 Å². The van der Waals surface area contributed by atoms with Crippen LogP contribution in [0, 0.1) is 23.6 Å². The number of barbiturate groups is 1. The second-order valence-electron chi connectivity index (χ2n) is 6.95. The Labute approximate surface area is 144 Å². The number of carbonyl (C=O) groups excluding carboxylic acids is 3.